The van der Waals surface area contributed by atoms with Crippen LogP contribution < -0.4 is 0 Å². The summed E-state index contributed by atoms with van der Waals surface area (Å²) in [5.74, 6) is 1.53. The van der Waals surface area contributed by atoms with Gasteiger partial charge >= 0.3 is 23.2 Å². The fraction of sp³-hybridized carbons (Fsp3) is 0.875. The Morgan fingerprint density at radius 2 is 1.31 bits per heavy atom. The minimum absolute atomic E-state index is 0. The van der Waals surface area contributed by atoms with E-state index in [9.17, 15) is 0 Å². The molecule has 0 aromatic rings. The molecule has 0 bridgehead atoms. The van der Waals surface area contributed by atoms with Crippen LogP contribution in [0.3, 0.4) is 0 Å². The first-order valence-corrected chi connectivity index (χ1v) is 4.19. The Morgan fingerprint density at radius 3 is 1.31 bits per heavy atom. The molecule has 0 radical (unpaired) electrons. The molecule has 0 amide bonds. The number of nitrogens with two attached hydrogens (primary N) is 1. The molecule has 0 aliphatic heterocycles. The van der Waals surface area contributed by atoms with Crippen molar-refractivity contribution in [2.24, 2.45) is 5.41 Å². The van der Waals surface area contributed by atoms with E-state index in [1.807, 2.05) is 0 Å². The van der Waals surface area contributed by atoms with Gasteiger partial charge in [0.15, 0.2) is 0 Å². The minimum atomic E-state index is 0. The quantitative estimate of drug-likeness (QED) is 0.520. The zero-order valence-electron chi connectivity index (χ0n) is 8.92. The van der Waals surface area contributed by atoms with Crippen molar-refractivity contribution in [3.8, 4) is 0 Å². The van der Waals surface area contributed by atoms with E-state index in [2.05, 4.69) is 34.6 Å². The number of hydrogen-bond donors (Lipinski definition) is 0. The summed E-state index contributed by atoms with van der Waals surface area (Å²) in [6.45, 7) is 11.2. The van der Waals surface area contributed by atoms with Crippen molar-refractivity contribution in [3.63, 3.8) is 0 Å². The van der Waals surface area contributed by atoms with E-state index in [1.54, 1.807) is 0 Å². The molecule has 0 aromatic carbocycles. The molecule has 0 aliphatic rings. The van der Waals surface area contributed by atoms with Gasteiger partial charge in [-0.2, -0.15) is 20.3 Å². The summed E-state index contributed by atoms with van der Waals surface area (Å²) in [5.41, 5.74) is 0.485. The SMILES string of the molecule is C[C-](C)CC(C)(C)C.Cl.Cl.[NH2-].[O]=[Mo]. The Labute approximate surface area is 106 Å². The van der Waals surface area contributed by atoms with Crippen LogP contribution in [0.25, 0.3) is 6.15 Å². The Bertz CT molecular complexity index is 86.7. The van der Waals surface area contributed by atoms with Gasteiger partial charge < -0.3 is 12.1 Å². The van der Waals surface area contributed by atoms with Gasteiger partial charge in [-0.25, -0.2) is 0 Å². The van der Waals surface area contributed by atoms with E-state index in [0.29, 0.717) is 25.2 Å². The van der Waals surface area contributed by atoms with Crippen LogP contribution in [0.15, 0.2) is 0 Å². The average molecular weight is 314 g/mol. The van der Waals surface area contributed by atoms with Crippen molar-refractivity contribution in [2.75, 3.05) is 0 Å². The Morgan fingerprint density at radius 1 is 1.08 bits per heavy atom. The summed E-state index contributed by atoms with van der Waals surface area (Å²) in [7, 11) is 0. The van der Waals surface area contributed by atoms with Crippen molar-refractivity contribution in [3.05, 3.63) is 12.1 Å². The predicted molar refractivity (Wildman–Crippen MR) is 59.1 cm³/mol. The summed E-state index contributed by atoms with van der Waals surface area (Å²) in [6.07, 6.45) is 1.24. The van der Waals surface area contributed by atoms with Crippen LogP contribution in [-0.2, 0) is 23.2 Å². The van der Waals surface area contributed by atoms with Gasteiger partial charge in [-0.15, -0.1) is 24.8 Å². The van der Waals surface area contributed by atoms with E-state index < -0.39 is 0 Å². The standard InChI is InChI=1S/C8H17.2ClH.Mo.H2N.O/c1-7(2)6-8(3,4)5;;;;;/h6H2,1-5H3;2*1H;;1H2;/q-1;;;;-1;. The molecule has 0 saturated carbocycles. The fourth-order valence-electron chi connectivity index (χ4n) is 1.06. The molecule has 0 fully saturated rings. The van der Waals surface area contributed by atoms with Crippen LogP contribution in [0.4, 0.5) is 0 Å². The summed E-state index contributed by atoms with van der Waals surface area (Å²) >= 11 is 0.700. The predicted octanol–water partition coefficient (Wildman–Crippen LogP) is 4.48. The first kappa shape index (κ1) is 29.2. The van der Waals surface area contributed by atoms with Crippen molar-refractivity contribution in [2.45, 2.75) is 41.0 Å². The van der Waals surface area contributed by atoms with Crippen LogP contribution in [-0.4, -0.2) is 0 Å². The zero-order valence-corrected chi connectivity index (χ0v) is 12.6. The van der Waals surface area contributed by atoms with Crippen LogP contribution in [0.1, 0.15) is 41.0 Å². The monoisotopic (exact) mass is 315 g/mol. The zero-order chi connectivity index (χ0) is 8.78. The Hall–Kier alpha value is 1.03. The summed E-state index contributed by atoms with van der Waals surface area (Å²) in [5, 5.41) is 0. The maximum absolute atomic E-state index is 8.26. The Kier molecular flexibility index (Phi) is 34.8. The normalized spacial score (nSPS) is 8.15. The molecule has 0 rings (SSSR count). The summed E-state index contributed by atoms with van der Waals surface area (Å²) < 4.78 is 8.26. The van der Waals surface area contributed by atoms with Crippen LogP contribution in [0, 0.1) is 11.3 Å². The third kappa shape index (κ3) is 43.6. The van der Waals surface area contributed by atoms with Crippen molar-refractivity contribution in [1.82, 2.24) is 0 Å². The van der Waals surface area contributed by atoms with E-state index in [1.165, 1.54) is 12.3 Å². The second kappa shape index (κ2) is 15.5. The molecule has 0 aromatic heterocycles. The van der Waals surface area contributed by atoms with Crippen molar-refractivity contribution in [1.29, 1.82) is 0 Å². The molecule has 5 heteroatoms. The van der Waals surface area contributed by atoms with E-state index in [0.717, 1.165) is 0 Å². The van der Waals surface area contributed by atoms with Crippen LogP contribution in [0.2, 0.25) is 0 Å². The molecular weight excluding hydrogens is 293 g/mol. The molecule has 2 N–H and O–H groups in total. The maximum atomic E-state index is 8.26. The first-order valence-electron chi connectivity index (χ1n) is 3.37. The number of hydrogen-bond acceptors (Lipinski definition) is 1. The Balaban J connectivity index is -0.0000000398. The average Bonchev–Trinajstić information content (AvgIpc) is 1.64. The van der Waals surface area contributed by atoms with Crippen LogP contribution in [0.5, 0.6) is 0 Å². The first-order chi connectivity index (χ1) is 4.42. The van der Waals surface area contributed by atoms with E-state index in [4.69, 9.17) is 3.40 Å². The second-order valence-electron chi connectivity index (χ2n) is 3.94. The van der Waals surface area contributed by atoms with E-state index in [-0.39, 0.29) is 31.0 Å². The molecule has 0 spiro atoms. The topological polar surface area (TPSA) is 50.6 Å². The van der Waals surface area contributed by atoms with Crippen molar-refractivity contribution >= 4 is 24.8 Å². The number of halogens is 2. The van der Waals surface area contributed by atoms with Crippen molar-refractivity contribution < 1.29 is 23.2 Å². The third-order valence-electron chi connectivity index (χ3n) is 0.884. The van der Waals surface area contributed by atoms with Crippen LogP contribution >= 0.6 is 24.8 Å². The molecule has 86 valence electrons. The third-order valence-corrected chi connectivity index (χ3v) is 0.884. The second-order valence-corrected chi connectivity index (χ2v) is 3.94. The molecule has 0 unspecified atom stereocenters. The molecule has 2 nitrogen and oxygen atoms in total. The van der Waals surface area contributed by atoms with Gasteiger partial charge in [-0.1, -0.05) is 26.2 Å². The van der Waals surface area contributed by atoms with E-state index >= 15 is 0 Å². The molecule has 0 saturated heterocycles. The van der Waals surface area contributed by atoms with Gasteiger partial charge in [-0.05, 0) is 0 Å². The van der Waals surface area contributed by atoms with Gasteiger partial charge in [0.05, 0.1) is 0 Å². The van der Waals surface area contributed by atoms with Gasteiger partial charge in [0.2, 0.25) is 0 Å². The molecule has 0 aliphatic carbocycles. The van der Waals surface area contributed by atoms with Gasteiger partial charge in [0, 0.05) is 0 Å². The summed E-state index contributed by atoms with van der Waals surface area (Å²) in [6, 6.07) is 0. The fourth-order valence-corrected chi connectivity index (χ4v) is 1.06. The van der Waals surface area contributed by atoms with Gasteiger partial charge in [0.1, 0.15) is 0 Å². The number of rotatable bonds is 1. The molecule has 0 atom stereocenters. The molecular formula is C8H21Cl2MoNO-2. The van der Waals surface area contributed by atoms with Gasteiger partial charge in [-0.3, -0.25) is 0 Å². The molecule has 13 heavy (non-hydrogen) atoms. The summed E-state index contributed by atoms with van der Waals surface area (Å²) in [4.78, 5) is 0. The van der Waals surface area contributed by atoms with Gasteiger partial charge in [0.25, 0.3) is 0 Å². The molecule has 0 heterocycles.